The number of amides is 1. The number of benzene rings is 3. The van der Waals surface area contributed by atoms with E-state index < -0.39 is 18.1 Å². The molecule has 1 aliphatic carbocycles. The van der Waals surface area contributed by atoms with Crippen LogP contribution in [0, 0.1) is 3.57 Å². The van der Waals surface area contributed by atoms with E-state index in [1.807, 2.05) is 48.5 Å². The van der Waals surface area contributed by atoms with Crippen molar-refractivity contribution in [1.29, 1.82) is 0 Å². The first-order valence-corrected chi connectivity index (χ1v) is 10.8. The number of ether oxygens (including phenoxy) is 1. The summed E-state index contributed by atoms with van der Waals surface area (Å²) in [6.07, 6.45) is -0.859. The van der Waals surface area contributed by atoms with Crippen molar-refractivity contribution < 1.29 is 24.5 Å². The first-order chi connectivity index (χ1) is 14.9. The third kappa shape index (κ3) is 4.51. The second-order valence-corrected chi connectivity index (χ2v) is 8.58. The fraction of sp³-hybridized carbons (Fsp3) is 0.167. The van der Waals surface area contributed by atoms with Crippen LogP contribution < -0.4 is 5.32 Å². The molecule has 0 bridgehead atoms. The number of fused-ring (bicyclic) bond motifs is 3. The van der Waals surface area contributed by atoms with Gasteiger partial charge in [-0.05, 0) is 68.6 Å². The molecule has 0 spiro atoms. The molecule has 1 aliphatic rings. The van der Waals surface area contributed by atoms with Crippen LogP contribution in [0.15, 0.2) is 66.7 Å². The van der Waals surface area contributed by atoms with Crippen molar-refractivity contribution in [3.63, 3.8) is 0 Å². The minimum Gasteiger partial charge on any atom is -0.508 e. The number of carboxylic acids is 1. The topological polar surface area (TPSA) is 95.9 Å². The zero-order chi connectivity index (χ0) is 22.0. The van der Waals surface area contributed by atoms with Crippen LogP contribution in [-0.2, 0) is 16.0 Å². The third-order valence-electron chi connectivity index (χ3n) is 5.40. The molecule has 158 valence electrons. The number of phenolic OH excluding ortho intramolecular Hbond substituents is 1. The first-order valence-electron chi connectivity index (χ1n) is 9.75. The molecule has 0 aliphatic heterocycles. The Bertz CT molecular complexity index is 1100. The Morgan fingerprint density at radius 1 is 1.00 bits per heavy atom. The predicted molar refractivity (Wildman–Crippen MR) is 124 cm³/mol. The average molecular weight is 529 g/mol. The van der Waals surface area contributed by atoms with Crippen LogP contribution in [-0.4, -0.2) is 34.9 Å². The zero-order valence-electron chi connectivity index (χ0n) is 16.4. The lowest BCUT2D eigenvalue weighted by Gasteiger charge is -2.18. The number of hydrogen-bond donors (Lipinski definition) is 3. The molecule has 6 nitrogen and oxygen atoms in total. The summed E-state index contributed by atoms with van der Waals surface area (Å²) >= 11 is 2.08. The second-order valence-electron chi connectivity index (χ2n) is 7.34. The summed E-state index contributed by atoms with van der Waals surface area (Å²) in [5.41, 5.74) is 4.83. The Kier molecular flexibility index (Phi) is 6.13. The van der Waals surface area contributed by atoms with Crippen molar-refractivity contribution in [2.24, 2.45) is 0 Å². The number of hydrogen-bond acceptors (Lipinski definition) is 4. The van der Waals surface area contributed by atoms with Crippen LogP contribution in [0.1, 0.15) is 22.6 Å². The van der Waals surface area contributed by atoms with Crippen LogP contribution in [0.5, 0.6) is 5.75 Å². The Hall–Kier alpha value is -3.07. The smallest absolute Gasteiger partial charge is 0.407 e. The third-order valence-corrected chi connectivity index (χ3v) is 6.07. The molecule has 1 amide bonds. The van der Waals surface area contributed by atoms with E-state index in [2.05, 4.69) is 27.9 Å². The minimum absolute atomic E-state index is 0.0130. The normalized spacial score (nSPS) is 13.2. The van der Waals surface area contributed by atoms with E-state index >= 15 is 0 Å². The van der Waals surface area contributed by atoms with E-state index in [1.165, 1.54) is 6.07 Å². The van der Waals surface area contributed by atoms with Crippen LogP contribution >= 0.6 is 22.6 Å². The molecule has 31 heavy (non-hydrogen) atoms. The van der Waals surface area contributed by atoms with E-state index in [4.69, 9.17) is 4.74 Å². The van der Waals surface area contributed by atoms with Crippen molar-refractivity contribution in [3.05, 3.63) is 87.0 Å². The van der Waals surface area contributed by atoms with Crippen molar-refractivity contribution in [2.45, 2.75) is 18.4 Å². The van der Waals surface area contributed by atoms with Gasteiger partial charge in [0.25, 0.3) is 0 Å². The highest BCUT2D eigenvalue weighted by Crippen LogP contribution is 2.44. The number of carboxylic acid groups (broad SMARTS) is 1. The molecule has 0 heterocycles. The fourth-order valence-corrected chi connectivity index (χ4v) is 4.48. The first kappa shape index (κ1) is 21.2. The number of aromatic hydroxyl groups is 1. The molecule has 3 aromatic carbocycles. The fourth-order valence-electron chi connectivity index (χ4n) is 3.92. The molecule has 1 unspecified atom stereocenters. The van der Waals surface area contributed by atoms with E-state index in [-0.39, 0.29) is 24.7 Å². The monoisotopic (exact) mass is 529 g/mol. The Morgan fingerprint density at radius 2 is 1.61 bits per heavy atom. The standard InChI is InChI=1S/C24H20INO5/c25-15-9-10-22(27)14(11-15)12-21(23(28)29)26-24(30)31-13-20-18-7-3-1-5-16(18)17-6-2-4-8-19(17)20/h1-11,20-21,27H,12-13H2,(H,26,30)(H,28,29). The maximum absolute atomic E-state index is 12.4. The molecule has 0 radical (unpaired) electrons. The number of phenols is 1. The predicted octanol–water partition coefficient (Wildman–Crippen LogP) is 4.53. The zero-order valence-corrected chi connectivity index (χ0v) is 18.6. The summed E-state index contributed by atoms with van der Waals surface area (Å²) in [5.74, 6) is -1.33. The summed E-state index contributed by atoms with van der Waals surface area (Å²) in [6, 6.07) is 19.7. The van der Waals surface area contributed by atoms with Crippen molar-refractivity contribution >= 4 is 34.7 Å². The maximum Gasteiger partial charge on any atom is 0.407 e. The van der Waals surface area contributed by atoms with Gasteiger partial charge >= 0.3 is 12.1 Å². The Morgan fingerprint density at radius 3 is 2.23 bits per heavy atom. The van der Waals surface area contributed by atoms with Crippen molar-refractivity contribution in [1.82, 2.24) is 5.32 Å². The molecule has 0 saturated heterocycles. The summed E-state index contributed by atoms with van der Waals surface area (Å²) in [6.45, 7) is 0.0979. The molecule has 3 N–H and O–H groups in total. The maximum atomic E-state index is 12.4. The summed E-state index contributed by atoms with van der Waals surface area (Å²) < 4.78 is 6.29. The highest BCUT2D eigenvalue weighted by Gasteiger charge is 2.30. The van der Waals surface area contributed by atoms with Gasteiger partial charge in [0.15, 0.2) is 0 Å². The lowest BCUT2D eigenvalue weighted by molar-refractivity contribution is -0.139. The van der Waals surface area contributed by atoms with Crippen LogP contribution in [0.25, 0.3) is 11.1 Å². The summed E-state index contributed by atoms with van der Waals surface area (Å²) in [4.78, 5) is 24.1. The van der Waals surface area contributed by atoms with E-state index in [0.29, 0.717) is 5.56 Å². The van der Waals surface area contributed by atoms with Gasteiger partial charge in [-0.15, -0.1) is 0 Å². The van der Waals surface area contributed by atoms with Gasteiger partial charge < -0.3 is 20.3 Å². The highest BCUT2D eigenvalue weighted by molar-refractivity contribution is 14.1. The van der Waals surface area contributed by atoms with Crippen molar-refractivity contribution in [3.8, 4) is 16.9 Å². The van der Waals surface area contributed by atoms with Crippen molar-refractivity contribution in [2.75, 3.05) is 6.61 Å². The molecule has 4 rings (SSSR count). The van der Waals surface area contributed by atoms with Gasteiger partial charge in [-0.2, -0.15) is 0 Å². The number of aliphatic carboxylic acids is 1. The Balaban J connectivity index is 1.45. The SMILES string of the molecule is O=C(NC(Cc1cc(I)ccc1O)C(=O)O)OCC1c2ccccc2-c2ccccc21. The number of rotatable bonds is 6. The minimum atomic E-state index is -1.22. The molecule has 0 fully saturated rings. The van der Waals surface area contributed by atoms with E-state index in [0.717, 1.165) is 25.8 Å². The molecular formula is C24H20INO5. The van der Waals surface area contributed by atoms with Crippen LogP contribution in [0.2, 0.25) is 0 Å². The number of alkyl carbamates (subject to hydrolysis) is 1. The molecule has 3 aromatic rings. The van der Waals surface area contributed by atoms with Gasteiger partial charge in [-0.3, -0.25) is 0 Å². The largest absolute Gasteiger partial charge is 0.508 e. The number of carbonyl (C=O) groups excluding carboxylic acids is 1. The van der Waals surface area contributed by atoms with E-state index in [9.17, 15) is 19.8 Å². The summed E-state index contributed by atoms with van der Waals surface area (Å²) in [7, 11) is 0. The number of halogens is 1. The van der Waals surface area contributed by atoms with Gasteiger partial charge in [0.05, 0.1) is 0 Å². The molecule has 7 heteroatoms. The van der Waals surface area contributed by atoms with Gasteiger partial charge in [-0.25, -0.2) is 9.59 Å². The van der Waals surface area contributed by atoms with Gasteiger partial charge in [-0.1, -0.05) is 48.5 Å². The molecule has 0 saturated carbocycles. The van der Waals surface area contributed by atoms with Gasteiger partial charge in [0.2, 0.25) is 0 Å². The molecule has 1 atom stereocenters. The molecular weight excluding hydrogens is 509 g/mol. The van der Waals surface area contributed by atoms with E-state index in [1.54, 1.807) is 12.1 Å². The summed E-state index contributed by atoms with van der Waals surface area (Å²) in [5, 5.41) is 21.9. The second kappa shape index (κ2) is 8.97. The lowest BCUT2D eigenvalue weighted by atomic mass is 9.98. The number of carbonyl (C=O) groups is 2. The van der Waals surface area contributed by atoms with Gasteiger partial charge in [0.1, 0.15) is 18.4 Å². The molecule has 0 aromatic heterocycles. The number of nitrogens with one attached hydrogen (secondary N) is 1. The lowest BCUT2D eigenvalue weighted by Crippen LogP contribution is -2.43. The highest BCUT2D eigenvalue weighted by atomic mass is 127. The van der Waals surface area contributed by atoms with Gasteiger partial charge in [0, 0.05) is 15.9 Å². The van der Waals surface area contributed by atoms with Crippen LogP contribution in [0.3, 0.4) is 0 Å². The Labute approximate surface area is 193 Å². The average Bonchev–Trinajstić information content (AvgIpc) is 3.08. The quantitative estimate of drug-likeness (QED) is 0.408. The van der Waals surface area contributed by atoms with Crippen LogP contribution in [0.4, 0.5) is 4.79 Å².